The van der Waals surface area contributed by atoms with Crippen molar-refractivity contribution in [1.82, 2.24) is 10.3 Å². The molecule has 0 atom stereocenters. The number of aromatic nitrogens is 1. The molecule has 0 unspecified atom stereocenters. The second kappa shape index (κ2) is 3.55. The third kappa shape index (κ3) is 2.06. The lowest BCUT2D eigenvalue weighted by molar-refractivity contribution is 0.817. The van der Waals surface area contributed by atoms with Crippen molar-refractivity contribution in [2.75, 3.05) is 12.8 Å². The molecule has 60 valence electrons. The average molecular weight is 172 g/mol. The predicted octanol–water partition coefficient (Wildman–Crippen LogP) is 1.04. The Kier molecular flexibility index (Phi) is 2.68. The first-order valence-electron chi connectivity index (χ1n) is 3.28. The van der Waals surface area contributed by atoms with Crippen LogP contribution >= 0.6 is 11.6 Å². The van der Waals surface area contributed by atoms with Gasteiger partial charge in [0.1, 0.15) is 5.82 Å². The van der Waals surface area contributed by atoms with Crippen molar-refractivity contribution >= 4 is 17.4 Å². The Bertz CT molecular complexity index is 249. The molecule has 0 amide bonds. The van der Waals surface area contributed by atoms with E-state index in [0.29, 0.717) is 17.4 Å². The molecule has 1 aromatic heterocycles. The quantitative estimate of drug-likeness (QED) is 0.699. The molecule has 0 saturated heterocycles. The molecule has 0 aliphatic heterocycles. The summed E-state index contributed by atoms with van der Waals surface area (Å²) >= 11 is 5.82. The van der Waals surface area contributed by atoms with Gasteiger partial charge in [-0.25, -0.2) is 4.98 Å². The summed E-state index contributed by atoms with van der Waals surface area (Å²) in [7, 11) is 1.85. The Labute approximate surface area is 70.6 Å². The van der Waals surface area contributed by atoms with Crippen molar-refractivity contribution in [2.24, 2.45) is 0 Å². The lowest BCUT2D eigenvalue weighted by Crippen LogP contribution is -2.06. The van der Waals surface area contributed by atoms with Gasteiger partial charge in [-0.3, -0.25) is 0 Å². The molecule has 0 aromatic carbocycles. The number of nitrogen functional groups attached to an aromatic ring is 1. The molecule has 4 heteroatoms. The zero-order valence-corrected chi connectivity index (χ0v) is 7.02. The molecular weight excluding hydrogens is 162 g/mol. The fraction of sp³-hybridized carbons (Fsp3) is 0.286. The number of pyridine rings is 1. The van der Waals surface area contributed by atoms with Gasteiger partial charge in [0.25, 0.3) is 0 Å². The molecule has 3 nitrogen and oxygen atoms in total. The lowest BCUT2D eigenvalue weighted by Gasteiger charge is -2.02. The topological polar surface area (TPSA) is 50.9 Å². The average Bonchev–Trinajstić information content (AvgIpc) is 1.98. The van der Waals surface area contributed by atoms with Gasteiger partial charge >= 0.3 is 0 Å². The van der Waals surface area contributed by atoms with Gasteiger partial charge in [-0.05, 0) is 18.7 Å². The maximum atomic E-state index is 5.82. The van der Waals surface area contributed by atoms with E-state index in [9.17, 15) is 0 Å². The number of halogens is 1. The number of hydrogen-bond acceptors (Lipinski definition) is 3. The van der Waals surface area contributed by atoms with Crippen LogP contribution in [-0.4, -0.2) is 12.0 Å². The van der Waals surface area contributed by atoms with Crippen molar-refractivity contribution in [2.45, 2.75) is 6.54 Å². The monoisotopic (exact) mass is 171 g/mol. The van der Waals surface area contributed by atoms with Gasteiger partial charge in [-0.15, -0.1) is 0 Å². The lowest BCUT2D eigenvalue weighted by atomic mass is 10.2. The van der Waals surface area contributed by atoms with Crippen LogP contribution in [0, 0.1) is 0 Å². The van der Waals surface area contributed by atoms with Crippen LogP contribution in [0.5, 0.6) is 0 Å². The van der Waals surface area contributed by atoms with E-state index in [0.717, 1.165) is 5.56 Å². The van der Waals surface area contributed by atoms with E-state index in [1.54, 1.807) is 12.3 Å². The van der Waals surface area contributed by atoms with Crippen LogP contribution in [0.2, 0.25) is 5.02 Å². The van der Waals surface area contributed by atoms with Crippen LogP contribution in [0.15, 0.2) is 12.3 Å². The normalized spacial score (nSPS) is 10.0. The van der Waals surface area contributed by atoms with Gasteiger partial charge in [-0.2, -0.15) is 0 Å². The van der Waals surface area contributed by atoms with Crippen LogP contribution in [0.25, 0.3) is 0 Å². The standard InChI is InChI=1S/C7H10ClN3/c1-10-3-5-2-7(9)11-4-6(5)8/h2,4,10H,3H2,1H3,(H2,9,11). The van der Waals surface area contributed by atoms with Gasteiger partial charge < -0.3 is 11.1 Å². The fourth-order valence-corrected chi connectivity index (χ4v) is 0.995. The Morgan fingerprint density at radius 3 is 3.09 bits per heavy atom. The molecule has 0 fully saturated rings. The molecule has 3 N–H and O–H groups in total. The maximum Gasteiger partial charge on any atom is 0.123 e. The van der Waals surface area contributed by atoms with Crippen LogP contribution < -0.4 is 11.1 Å². The third-order valence-corrected chi connectivity index (χ3v) is 1.66. The molecule has 0 aliphatic rings. The van der Waals surface area contributed by atoms with E-state index in [1.165, 1.54) is 0 Å². The van der Waals surface area contributed by atoms with Crippen molar-refractivity contribution in [1.29, 1.82) is 0 Å². The Morgan fingerprint density at radius 2 is 2.45 bits per heavy atom. The summed E-state index contributed by atoms with van der Waals surface area (Å²) < 4.78 is 0. The van der Waals surface area contributed by atoms with Crippen molar-refractivity contribution < 1.29 is 0 Å². The highest BCUT2D eigenvalue weighted by Gasteiger charge is 1.99. The van der Waals surface area contributed by atoms with E-state index < -0.39 is 0 Å². The molecular formula is C7H10ClN3. The summed E-state index contributed by atoms with van der Waals surface area (Å²) in [6.45, 7) is 0.714. The smallest absolute Gasteiger partial charge is 0.123 e. The number of nitrogens with two attached hydrogens (primary N) is 1. The highest BCUT2D eigenvalue weighted by molar-refractivity contribution is 6.31. The first kappa shape index (κ1) is 8.30. The van der Waals surface area contributed by atoms with Gasteiger partial charge in [0.05, 0.1) is 5.02 Å². The summed E-state index contributed by atoms with van der Waals surface area (Å²) in [6, 6.07) is 1.76. The number of nitrogens with one attached hydrogen (secondary N) is 1. The van der Waals surface area contributed by atoms with Gasteiger partial charge in [-0.1, -0.05) is 11.6 Å². The summed E-state index contributed by atoms with van der Waals surface area (Å²) in [5, 5.41) is 3.63. The zero-order valence-electron chi connectivity index (χ0n) is 6.26. The van der Waals surface area contributed by atoms with E-state index >= 15 is 0 Å². The van der Waals surface area contributed by atoms with Gasteiger partial charge in [0.2, 0.25) is 0 Å². The minimum absolute atomic E-state index is 0.500. The summed E-state index contributed by atoms with van der Waals surface area (Å²) in [4.78, 5) is 3.84. The van der Waals surface area contributed by atoms with Crippen molar-refractivity contribution in [3.8, 4) is 0 Å². The molecule has 0 bridgehead atoms. The number of rotatable bonds is 2. The van der Waals surface area contributed by atoms with Crippen LogP contribution in [0.4, 0.5) is 5.82 Å². The molecule has 0 aliphatic carbocycles. The van der Waals surface area contributed by atoms with Gasteiger partial charge in [0.15, 0.2) is 0 Å². The van der Waals surface area contributed by atoms with E-state index in [1.807, 2.05) is 7.05 Å². The molecule has 0 radical (unpaired) electrons. The third-order valence-electron chi connectivity index (χ3n) is 1.32. The first-order valence-corrected chi connectivity index (χ1v) is 3.66. The highest BCUT2D eigenvalue weighted by Crippen LogP contribution is 2.15. The zero-order chi connectivity index (χ0) is 8.27. The minimum Gasteiger partial charge on any atom is -0.384 e. The summed E-state index contributed by atoms with van der Waals surface area (Å²) in [5.41, 5.74) is 6.43. The van der Waals surface area contributed by atoms with Gasteiger partial charge in [0, 0.05) is 12.7 Å². The van der Waals surface area contributed by atoms with Crippen molar-refractivity contribution in [3.05, 3.63) is 22.8 Å². The molecule has 1 aromatic rings. The van der Waals surface area contributed by atoms with Crippen LogP contribution in [0.1, 0.15) is 5.56 Å². The second-order valence-electron chi connectivity index (χ2n) is 2.23. The summed E-state index contributed by atoms with van der Waals surface area (Å²) in [5.74, 6) is 0.500. The van der Waals surface area contributed by atoms with E-state index in [-0.39, 0.29) is 0 Å². The SMILES string of the molecule is CNCc1cc(N)ncc1Cl. The fourth-order valence-electron chi connectivity index (χ4n) is 0.825. The largest absolute Gasteiger partial charge is 0.384 e. The maximum absolute atomic E-state index is 5.82. The minimum atomic E-state index is 0.500. The van der Waals surface area contributed by atoms with E-state index in [4.69, 9.17) is 17.3 Å². The van der Waals surface area contributed by atoms with Crippen LogP contribution in [-0.2, 0) is 6.54 Å². The Balaban J connectivity index is 2.93. The molecule has 0 saturated carbocycles. The highest BCUT2D eigenvalue weighted by atomic mass is 35.5. The molecule has 0 spiro atoms. The second-order valence-corrected chi connectivity index (χ2v) is 2.64. The Morgan fingerprint density at radius 1 is 1.73 bits per heavy atom. The van der Waals surface area contributed by atoms with Crippen LogP contribution in [0.3, 0.4) is 0 Å². The van der Waals surface area contributed by atoms with E-state index in [2.05, 4.69) is 10.3 Å². The first-order chi connectivity index (χ1) is 5.24. The molecule has 11 heavy (non-hydrogen) atoms. The van der Waals surface area contributed by atoms with Crippen molar-refractivity contribution in [3.63, 3.8) is 0 Å². The number of hydrogen-bond donors (Lipinski definition) is 2. The number of anilines is 1. The summed E-state index contributed by atoms with van der Waals surface area (Å²) in [6.07, 6.45) is 1.56. The molecule has 1 heterocycles. The molecule has 1 rings (SSSR count). The Hall–Kier alpha value is -0.800. The number of nitrogens with zero attached hydrogens (tertiary/aromatic N) is 1. The predicted molar refractivity (Wildman–Crippen MR) is 46.4 cm³/mol.